The normalized spacial score (nSPS) is 22.6. The molecule has 2 N–H and O–H groups in total. The van der Waals surface area contributed by atoms with Crippen LogP contribution < -0.4 is 0 Å². The molecule has 0 saturated carbocycles. The maximum Gasteiger partial charge on any atom is 0.123 e. The molecule has 1 unspecified atom stereocenters. The van der Waals surface area contributed by atoms with Gasteiger partial charge < -0.3 is 15.0 Å². The Bertz CT molecular complexity index is 1130. The fraction of sp³-hybridized carbons (Fsp3) is 0.429. The van der Waals surface area contributed by atoms with Crippen LogP contribution in [0.4, 0.5) is 4.39 Å². The number of nitrogens with one attached hydrogen (secondary N) is 1. The van der Waals surface area contributed by atoms with Gasteiger partial charge in [-0.2, -0.15) is 0 Å². The highest BCUT2D eigenvalue weighted by molar-refractivity contribution is 5.89. The predicted molar refractivity (Wildman–Crippen MR) is 133 cm³/mol. The number of H-pyrrole nitrogens is 1. The highest BCUT2D eigenvalue weighted by Crippen LogP contribution is 2.41. The molecule has 0 spiro atoms. The van der Waals surface area contributed by atoms with E-state index in [-0.39, 0.29) is 18.0 Å². The van der Waals surface area contributed by atoms with E-state index in [9.17, 15) is 9.50 Å². The van der Waals surface area contributed by atoms with Crippen LogP contribution in [0, 0.1) is 5.82 Å². The first kappa shape index (κ1) is 22.3. The van der Waals surface area contributed by atoms with Gasteiger partial charge in [0.1, 0.15) is 5.82 Å². The third-order valence-electron chi connectivity index (χ3n) is 7.69. The number of benzene rings is 2. The molecule has 33 heavy (non-hydrogen) atoms. The van der Waals surface area contributed by atoms with E-state index < -0.39 is 0 Å². The Hall–Kier alpha value is -2.47. The summed E-state index contributed by atoms with van der Waals surface area (Å²) < 4.78 is 14.0. The number of rotatable bonds is 6. The van der Waals surface area contributed by atoms with E-state index in [1.54, 1.807) is 6.07 Å². The Balaban J connectivity index is 1.48. The van der Waals surface area contributed by atoms with Crippen molar-refractivity contribution in [2.45, 2.75) is 37.6 Å². The zero-order valence-corrected chi connectivity index (χ0v) is 19.5. The summed E-state index contributed by atoms with van der Waals surface area (Å²) in [6.07, 6.45) is 7.08. The second kappa shape index (κ2) is 9.41. The maximum atomic E-state index is 14.0. The van der Waals surface area contributed by atoms with Gasteiger partial charge >= 0.3 is 0 Å². The molecule has 1 aliphatic carbocycles. The number of fused-ring (bicyclic) bond motifs is 1. The lowest BCUT2D eigenvalue weighted by Gasteiger charge is -2.49. The molecule has 2 heterocycles. The predicted octanol–water partition coefficient (Wildman–Crippen LogP) is 4.64. The smallest absolute Gasteiger partial charge is 0.123 e. The van der Waals surface area contributed by atoms with Crippen LogP contribution in [0.2, 0.25) is 0 Å². The molecule has 0 radical (unpaired) electrons. The number of hydrogen-bond donors (Lipinski definition) is 2. The lowest BCUT2D eigenvalue weighted by atomic mass is 9.75. The van der Waals surface area contributed by atoms with Crippen molar-refractivity contribution >= 4 is 16.5 Å². The number of hydrogen-bond acceptors (Lipinski definition) is 3. The minimum Gasteiger partial charge on any atom is -0.396 e. The number of likely N-dealkylation sites (N-methyl/N-ethyl adjacent to an activating group) is 1. The van der Waals surface area contributed by atoms with E-state index in [4.69, 9.17) is 0 Å². The summed E-state index contributed by atoms with van der Waals surface area (Å²) in [6.45, 7) is 4.49. The zero-order chi connectivity index (χ0) is 22.8. The second-order valence-electron chi connectivity index (χ2n) is 9.75. The largest absolute Gasteiger partial charge is 0.396 e. The topological polar surface area (TPSA) is 42.5 Å². The van der Waals surface area contributed by atoms with Crippen molar-refractivity contribution in [2.24, 2.45) is 0 Å². The molecule has 3 aromatic rings. The van der Waals surface area contributed by atoms with Crippen LogP contribution in [0.15, 0.2) is 54.6 Å². The Morgan fingerprint density at radius 1 is 1.06 bits per heavy atom. The van der Waals surface area contributed by atoms with Crippen LogP contribution in [0.5, 0.6) is 0 Å². The number of piperazine rings is 1. The van der Waals surface area contributed by atoms with E-state index in [0.29, 0.717) is 6.42 Å². The van der Waals surface area contributed by atoms with Crippen LogP contribution in [0.1, 0.15) is 36.1 Å². The second-order valence-corrected chi connectivity index (χ2v) is 9.75. The number of nitrogens with zero attached hydrogens (tertiary/aromatic N) is 2. The van der Waals surface area contributed by atoms with Crippen LogP contribution >= 0.6 is 0 Å². The summed E-state index contributed by atoms with van der Waals surface area (Å²) in [6, 6.07) is 15.8. The number of aromatic nitrogens is 1. The van der Waals surface area contributed by atoms with Gasteiger partial charge in [0.05, 0.1) is 0 Å². The average Bonchev–Trinajstić information content (AvgIpc) is 3.18. The Kier molecular flexibility index (Phi) is 6.37. The highest BCUT2D eigenvalue weighted by atomic mass is 19.1. The van der Waals surface area contributed by atoms with Crippen molar-refractivity contribution < 1.29 is 9.50 Å². The fourth-order valence-corrected chi connectivity index (χ4v) is 5.79. The number of aliphatic hydroxyl groups is 1. The van der Waals surface area contributed by atoms with Crippen molar-refractivity contribution in [3.63, 3.8) is 0 Å². The molecular weight excluding hydrogens is 413 g/mol. The summed E-state index contributed by atoms with van der Waals surface area (Å²) in [7, 11) is 2.21. The number of halogens is 1. The number of aliphatic hydroxyl groups excluding tert-OH is 1. The first-order valence-electron chi connectivity index (χ1n) is 12.2. The van der Waals surface area contributed by atoms with Crippen LogP contribution in [-0.4, -0.2) is 65.3 Å². The van der Waals surface area contributed by atoms with Crippen molar-refractivity contribution in [1.82, 2.24) is 14.8 Å². The van der Waals surface area contributed by atoms with Crippen molar-refractivity contribution in [3.8, 4) is 0 Å². The molecule has 1 aliphatic heterocycles. The molecule has 1 saturated heterocycles. The lowest BCUT2D eigenvalue weighted by Crippen LogP contribution is -2.58. The standard InChI is InChI=1S/C28H34FN3O/c1-31-14-16-32(17-15-31)28(20-21-5-3-2-4-6-21)12-9-22(10-13-28)27-24(11-18-33)25-19-23(29)7-8-26(25)30-27/h2-9,19,30,33H,10-18,20H2,1H3. The Morgan fingerprint density at radius 2 is 1.85 bits per heavy atom. The molecule has 0 bridgehead atoms. The van der Waals surface area contributed by atoms with Gasteiger partial charge in [-0.3, -0.25) is 4.90 Å². The third-order valence-corrected chi connectivity index (χ3v) is 7.69. The molecule has 1 atom stereocenters. The molecule has 2 aromatic carbocycles. The quantitative estimate of drug-likeness (QED) is 0.579. The van der Waals surface area contributed by atoms with Crippen molar-refractivity contribution in [1.29, 1.82) is 0 Å². The SMILES string of the molecule is CN1CCN(C2(Cc3ccccc3)CC=C(c3[nH]c4ccc(F)cc4c3CCO)CC2)CC1. The minimum atomic E-state index is -0.234. The fourth-order valence-electron chi connectivity index (χ4n) is 5.79. The molecule has 1 fully saturated rings. The minimum absolute atomic E-state index is 0.0585. The summed E-state index contributed by atoms with van der Waals surface area (Å²) >= 11 is 0. The number of aromatic amines is 1. The molecule has 1 aromatic heterocycles. The monoisotopic (exact) mass is 447 g/mol. The van der Waals surface area contributed by atoms with Crippen molar-refractivity contribution in [2.75, 3.05) is 39.8 Å². The van der Waals surface area contributed by atoms with E-state index in [2.05, 4.69) is 58.2 Å². The van der Waals surface area contributed by atoms with E-state index in [1.807, 2.05) is 6.07 Å². The third kappa shape index (κ3) is 4.50. The summed E-state index contributed by atoms with van der Waals surface area (Å²) in [4.78, 5) is 8.68. The Morgan fingerprint density at radius 3 is 2.55 bits per heavy atom. The van der Waals surface area contributed by atoms with Gasteiger partial charge in [0.2, 0.25) is 0 Å². The van der Waals surface area contributed by atoms with Gasteiger partial charge in [-0.1, -0.05) is 36.4 Å². The van der Waals surface area contributed by atoms with Crippen LogP contribution in [-0.2, 0) is 12.8 Å². The molecule has 174 valence electrons. The first-order valence-corrected chi connectivity index (χ1v) is 12.2. The van der Waals surface area contributed by atoms with Gasteiger partial charge in [-0.25, -0.2) is 4.39 Å². The molecule has 5 heteroatoms. The lowest BCUT2D eigenvalue weighted by molar-refractivity contribution is 0.0331. The molecule has 4 nitrogen and oxygen atoms in total. The molecule has 2 aliphatic rings. The van der Waals surface area contributed by atoms with Crippen LogP contribution in [0.25, 0.3) is 16.5 Å². The molecular formula is C28H34FN3O. The van der Waals surface area contributed by atoms with Crippen LogP contribution in [0.3, 0.4) is 0 Å². The summed E-state index contributed by atoms with van der Waals surface area (Å²) in [5, 5.41) is 10.6. The average molecular weight is 448 g/mol. The molecule has 5 rings (SSSR count). The van der Waals surface area contributed by atoms with E-state index in [1.165, 1.54) is 17.2 Å². The van der Waals surface area contributed by atoms with E-state index >= 15 is 0 Å². The van der Waals surface area contributed by atoms with Crippen molar-refractivity contribution in [3.05, 3.63) is 77.2 Å². The van der Waals surface area contributed by atoms with Gasteiger partial charge in [0.15, 0.2) is 0 Å². The highest BCUT2D eigenvalue weighted by Gasteiger charge is 2.39. The zero-order valence-electron chi connectivity index (χ0n) is 19.5. The summed E-state index contributed by atoms with van der Waals surface area (Å²) in [5.41, 5.74) is 5.88. The Labute approximate surface area is 195 Å². The van der Waals surface area contributed by atoms with Gasteiger partial charge in [0.25, 0.3) is 0 Å². The first-order chi connectivity index (χ1) is 16.1. The summed E-state index contributed by atoms with van der Waals surface area (Å²) in [5.74, 6) is -0.234. The van der Waals surface area contributed by atoms with Gasteiger partial charge in [-0.15, -0.1) is 0 Å². The van der Waals surface area contributed by atoms with E-state index in [0.717, 1.165) is 74.0 Å². The van der Waals surface area contributed by atoms with Gasteiger partial charge in [0, 0.05) is 54.9 Å². The maximum absolute atomic E-state index is 14.0. The van der Waals surface area contributed by atoms with Gasteiger partial charge in [-0.05, 0) is 74.1 Å². The number of allylic oxidation sites excluding steroid dienone is 1. The molecule has 0 amide bonds.